The summed E-state index contributed by atoms with van der Waals surface area (Å²) < 4.78 is 60.8. The van der Waals surface area contributed by atoms with Crippen LogP contribution in [0.2, 0.25) is 5.02 Å². The number of aliphatic hydroxyl groups is 2. The van der Waals surface area contributed by atoms with Crippen molar-refractivity contribution in [3.05, 3.63) is 107 Å². The number of hydrogen-bond acceptors (Lipinski definition) is 14. The van der Waals surface area contributed by atoms with Crippen molar-refractivity contribution >= 4 is 57.3 Å². The molecule has 0 radical (unpaired) electrons. The van der Waals surface area contributed by atoms with E-state index in [1.807, 2.05) is 36.5 Å². The van der Waals surface area contributed by atoms with Crippen LogP contribution in [-0.4, -0.2) is 112 Å². The second-order valence-electron chi connectivity index (χ2n) is 23.6. The van der Waals surface area contributed by atoms with Gasteiger partial charge in [-0.15, -0.1) is 0 Å². The highest BCUT2D eigenvalue weighted by Crippen LogP contribution is 2.70. The average molecular weight is 1150 g/mol. The Kier molecular flexibility index (Phi) is 19.7. The third-order valence-corrected chi connectivity index (χ3v) is 18.3. The SMILES string of the molecule is CC(C)C(=O)OCC(=O)[C@@]12O[C@H](C3CCCCC3)O[C@@H]1C[C@H]1[C@@H]3CCC4=CC(=O)C=C[C@]4(C)[C@H]3[C@@H](O)C[C@@]12C.CCN(CCO)CCCC(C)Nc1ccnc2cc(Cl)ccc12.Cc1oncc1C(=O)Nc1ccc(C(F)(F)F)cc1. The van der Waals surface area contributed by atoms with Crippen molar-refractivity contribution < 1.29 is 61.3 Å². The van der Waals surface area contributed by atoms with Gasteiger partial charge in [0, 0.05) is 63.2 Å². The van der Waals surface area contributed by atoms with E-state index in [0.717, 1.165) is 105 Å². The van der Waals surface area contributed by atoms with E-state index < -0.39 is 53.1 Å². The maximum absolute atomic E-state index is 14.2. The highest BCUT2D eigenvalue weighted by molar-refractivity contribution is 6.31. The Balaban J connectivity index is 0.000000174. The lowest BCUT2D eigenvalue weighted by Gasteiger charge is -2.59. The molecule has 2 aromatic heterocycles. The fraction of sp³-hybridized carbons (Fsp3) is 0.581. The highest BCUT2D eigenvalue weighted by atomic mass is 35.5. The number of aryl methyl sites for hydroxylation is 1. The van der Waals surface area contributed by atoms with Crippen LogP contribution >= 0.6 is 11.6 Å². The van der Waals surface area contributed by atoms with Gasteiger partial charge in [-0.2, -0.15) is 13.2 Å². The van der Waals surface area contributed by atoms with E-state index in [4.69, 9.17) is 35.4 Å². The molecule has 440 valence electrons. The number of hydrogen-bond donors (Lipinski definition) is 4. The Morgan fingerprint density at radius 3 is 2.42 bits per heavy atom. The Labute approximate surface area is 477 Å². The van der Waals surface area contributed by atoms with E-state index in [0.29, 0.717) is 29.7 Å². The van der Waals surface area contributed by atoms with E-state index in [1.165, 1.54) is 24.8 Å². The lowest BCUT2D eigenvalue weighted by Crippen LogP contribution is -2.63. The molecule has 4 aromatic rings. The molecule has 15 nitrogen and oxygen atoms in total. The summed E-state index contributed by atoms with van der Waals surface area (Å²) in [6, 6.07) is 12.4. The van der Waals surface area contributed by atoms with E-state index in [-0.39, 0.29) is 71.0 Å². The van der Waals surface area contributed by atoms with Crippen LogP contribution in [0.15, 0.2) is 89.2 Å². The van der Waals surface area contributed by atoms with Crippen molar-refractivity contribution in [2.45, 2.75) is 155 Å². The summed E-state index contributed by atoms with van der Waals surface area (Å²) in [6.07, 6.45) is 13.0. The van der Waals surface area contributed by atoms with Gasteiger partial charge in [-0.3, -0.25) is 24.2 Å². The summed E-state index contributed by atoms with van der Waals surface area (Å²) in [4.78, 5) is 57.1. The summed E-state index contributed by atoms with van der Waals surface area (Å²) in [7, 11) is 0. The van der Waals surface area contributed by atoms with Crippen molar-refractivity contribution in [3.8, 4) is 0 Å². The minimum Gasteiger partial charge on any atom is -0.457 e. The molecule has 19 heteroatoms. The quantitative estimate of drug-likeness (QED) is 0.0772. The van der Waals surface area contributed by atoms with Gasteiger partial charge in [0.2, 0.25) is 5.78 Å². The zero-order valence-corrected chi connectivity index (χ0v) is 48.3. The molecule has 5 aliphatic carbocycles. The average Bonchev–Trinajstić information content (AvgIpc) is 3.00. The first kappa shape index (κ1) is 61.6. The molecule has 0 bridgehead atoms. The number of pyridine rings is 1. The number of amides is 1. The van der Waals surface area contributed by atoms with Crippen LogP contribution in [0.1, 0.15) is 134 Å². The molecule has 6 aliphatic rings. The third-order valence-electron chi connectivity index (χ3n) is 18.1. The number of Topliss-reactive ketones (excluding diaryl/α,β-unsaturated/α-hetero) is 1. The predicted octanol–water partition coefficient (Wildman–Crippen LogP) is 11.7. The third kappa shape index (κ3) is 13.3. The van der Waals surface area contributed by atoms with Gasteiger partial charge in [0.25, 0.3) is 5.91 Å². The first-order valence-electron chi connectivity index (χ1n) is 28.7. The van der Waals surface area contributed by atoms with E-state index in [2.05, 4.69) is 53.4 Å². The number of rotatable bonds is 16. The minimum atomic E-state index is -4.40. The normalized spacial score (nSPS) is 28.1. The fourth-order valence-corrected chi connectivity index (χ4v) is 14.0. The largest absolute Gasteiger partial charge is 0.457 e. The summed E-state index contributed by atoms with van der Waals surface area (Å²) >= 11 is 6.03. The molecule has 3 heterocycles. The summed E-state index contributed by atoms with van der Waals surface area (Å²) in [5, 5.41) is 32.2. The van der Waals surface area contributed by atoms with Crippen LogP contribution < -0.4 is 10.6 Å². The lowest BCUT2D eigenvalue weighted by atomic mass is 9.46. The van der Waals surface area contributed by atoms with E-state index >= 15 is 0 Å². The first-order chi connectivity index (χ1) is 38.5. The fourth-order valence-electron chi connectivity index (χ4n) is 13.9. The number of fused-ring (bicyclic) bond motifs is 8. The van der Waals surface area contributed by atoms with Gasteiger partial charge in [-0.05, 0) is 151 Å². The zero-order chi connectivity index (χ0) is 58.4. The molecule has 4 N–H and O–H groups in total. The summed E-state index contributed by atoms with van der Waals surface area (Å²) in [5.74, 6) is -0.621. The Morgan fingerprint density at radius 1 is 1.01 bits per heavy atom. The van der Waals surface area contributed by atoms with Crippen molar-refractivity contribution in [1.82, 2.24) is 15.0 Å². The number of carbonyl (C=O) groups is 4. The number of ketones is 2. The highest BCUT2D eigenvalue weighted by Gasteiger charge is 2.76. The van der Waals surface area contributed by atoms with Gasteiger partial charge in [-0.25, -0.2) is 0 Å². The van der Waals surface area contributed by atoms with Gasteiger partial charge in [-0.1, -0.05) is 82.3 Å². The number of ether oxygens (including phenoxy) is 3. The summed E-state index contributed by atoms with van der Waals surface area (Å²) in [6.45, 7) is 16.3. The molecular weight excluding hydrogens is 1070 g/mol. The summed E-state index contributed by atoms with van der Waals surface area (Å²) in [5.41, 5.74) is 0.550. The van der Waals surface area contributed by atoms with Crippen LogP contribution in [0.5, 0.6) is 0 Å². The predicted molar refractivity (Wildman–Crippen MR) is 302 cm³/mol. The molecule has 1 aliphatic heterocycles. The van der Waals surface area contributed by atoms with Gasteiger partial charge in [0.1, 0.15) is 11.3 Å². The monoisotopic (exact) mass is 1150 g/mol. The molecule has 10 atom stereocenters. The van der Waals surface area contributed by atoms with Crippen molar-refractivity contribution in [2.75, 3.05) is 43.5 Å². The van der Waals surface area contributed by atoms with E-state index in [1.54, 1.807) is 32.9 Å². The minimum absolute atomic E-state index is 0.0162. The number of halogens is 4. The number of allylic oxidation sites excluding steroid dienone is 4. The topological polar surface area (TPSA) is 203 Å². The van der Waals surface area contributed by atoms with Crippen LogP contribution in [0.4, 0.5) is 24.5 Å². The number of likely N-dealkylation sites (N-methyl/N-ethyl adjacent to an activating group) is 1. The van der Waals surface area contributed by atoms with Gasteiger partial charge < -0.3 is 44.5 Å². The number of anilines is 2. The smallest absolute Gasteiger partial charge is 0.416 e. The molecule has 4 saturated carbocycles. The van der Waals surface area contributed by atoms with Crippen molar-refractivity contribution in [2.24, 2.45) is 40.4 Å². The van der Waals surface area contributed by atoms with E-state index in [9.17, 15) is 37.5 Å². The van der Waals surface area contributed by atoms with Crippen molar-refractivity contribution in [3.63, 3.8) is 0 Å². The van der Waals surface area contributed by atoms with Crippen LogP contribution in [0, 0.1) is 47.3 Å². The standard InChI is InChI=1S/C32H44O7.C18H26ClN3O.C12H9F3N2O2/c1-18(2)28(36)37-17-25(35)32-26(38-29(39-32)19-8-6-5-7-9-19)15-23-22-11-10-20-14-21(33)12-13-30(20,3)27(22)24(34)16-31(23,32)4;1-3-22(11-12-23)10-4-5-14(2)21-17-8-9-20-18-13-15(19)6-7-16(17)18;1-7-10(6-16-19-7)11(18)17-9-4-2-8(3-5-9)12(13,14)15/h12-14,18-19,22-24,26-27,29,34H,5-11,15-17H2,1-4H3;6-9,13-14,23H,3-5,10-12H2,1-2H3,(H,20,21);2-6H,1H3,(H,17,18)/t22-,23-,24-,26+,27+,29+,30-,31-,32+;;/m0../s1. The number of benzene rings is 2. The zero-order valence-electron chi connectivity index (χ0n) is 47.5. The lowest BCUT2D eigenvalue weighted by molar-refractivity contribution is -0.210. The van der Waals surface area contributed by atoms with Gasteiger partial charge >= 0.3 is 12.1 Å². The molecule has 0 spiro atoms. The number of nitrogens with zero attached hydrogens (tertiary/aromatic N) is 3. The molecule has 81 heavy (non-hydrogen) atoms. The molecule has 1 amide bonds. The number of aromatic nitrogens is 2. The molecular formula is C62H79ClF3N5O10. The number of nitrogens with one attached hydrogen (secondary N) is 2. The van der Waals surface area contributed by atoms with Gasteiger partial charge in [0.05, 0.1) is 42.0 Å². The second-order valence-corrected chi connectivity index (χ2v) is 24.0. The maximum atomic E-state index is 14.2. The van der Waals surface area contributed by atoms with Crippen molar-refractivity contribution in [1.29, 1.82) is 0 Å². The molecule has 5 fully saturated rings. The Hall–Kier alpha value is -5.50. The first-order valence-corrected chi connectivity index (χ1v) is 29.1. The van der Waals surface area contributed by atoms with Crippen LogP contribution in [-0.2, 0) is 34.8 Å². The van der Waals surface area contributed by atoms with Crippen LogP contribution in [0.25, 0.3) is 10.9 Å². The Morgan fingerprint density at radius 2 is 1.75 bits per heavy atom. The number of aliphatic hydroxyl groups excluding tert-OH is 2. The second kappa shape index (κ2) is 26.0. The van der Waals surface area contributed by atoms with Crippen LogP contribution in [0.3, 0.4) is 0 Å². The number of alkyl halides is 3. The molecule has 1 unspecified atom stereocenters. The number of carbonyl (C=O) groups excluding carboxylic acids is 4. The molecule has 1 saturated heterocycles. The molecule has 2 aromatic carbocycles. The molecule has 10 rings (SSSR count). The van der Waals surface area contributed by atoms with Gasteiger partial charge in [0.15, 0.2) is 24.3 Å². The maximum Gasteiger partial charge on any atom is 0.416 e. The Bertz CT molecular complexity index is 2930. The number of esters is 1.